The first kappa shape index (κ1) is 17.8. The minimum atomic E-state index is -0.343. The number of allylic oxidation sites excluding steroid dienone is 1. The number of aromatic amines is 1. The van der Waals surface area contributed by atoms with Crippen LogP contribution in [0, 0.1) is 0 Å². The number of hydrazone groups is 1. The van der Waals surface area contributed by atoms with Crippen LogP contribution in [0.2, 0.25) is 0 Å². The van der Waals surface area contributed by atoms with Gasteiger partial charge < -0.3 is 0 Å². The summed E-state index contributed by atoms with van der Waals surface area (Å²) in [7, 11) is 0. The average molecular weight is 409 g/mol. The van der Waals surface area contributed by atoms with E-state index < -0.39 is 0 Å². The fraction of sp³-hybridized carbons (Fsp3) is 0.0500. The third-order valence-electron chi connectivity index (χ3n) is 3.59. The van der Waals surface area contributed by atoms with Crippen molar-refractivity contribution >= 4 is 34.1 Å². The lowest BCUT2D eigenvalue weighted by Crippen LogP contribution is -2.17. The fourth-order valence-corrected chi connectivity index (χ4v) is 2.57. The molecule has 0 aliphatic rings. The predicted octanol–water partition coefficient (Wildman–Crippen LogP) is 4.66. The van der Waals surface area contributed by atoms with E-state index in [9.17, 15) is 4.79 Å². The van der Waals surface area contributed by atoms with Crippen molar-refractivity contribution in [1.29, 1.82) is 0 Å². The van der Waals surface area contributed by atoms with Crippen molar-refractivity contribution in [2.24, 2.45) is 5.10 Å². The van der Waals surface area contributed by atoms with Crippen LogP contribution in [-0.4, -0.2) is 22.3 Å². The molecule has 130 valence electrons. The molecule has 1 heterocycles. The molecule has 3 aromatic rings. The van der Waals surface area contributed by atoms with Gasteiger partial charge in [0.05, 0.1) is 11.9 Å². The summed E-state index contributed by atoms with van der Waals surface area (Å²) in [5.74, 6) is -0.343. The number of H-pyrrole nitrogens is 1. The number of hydrogen-bond acceptors (Lipinski definition) is 3. The van der Waals surface area contributed by atoms with E-state index in [1.807, 2.05) is 67.6 Å². The smallest absolute Gasteiger partial charge is 0.272 e. The Morgan fingerprint density at radius 2 is 1.88 bits per heavy atom. The highest BCUT2D eigenvalue weighted by Gasteiger charge is 2.10. The van der Waals surface area contributed by atoms with E-state index in [0.29, 0.717) is 11.4 Å². The second-order valence-corrected chi connectivity index (χ2v) is 6.59. The van der Waals surface area contributed by atoms with Gasteiger partial charge in [0.1, 0.15) is 5.69 Å². The number of rotatable bonds is 5. The first-order chi connectivity index (χ1) is 12.6. The van der Waals surface area contributed by atoms with Crippen LogP contribution in [0.5, 0.6) is 0 Å². The van der Waals surface area contributed by atoms with Crippen molar-refractivity contribution < 1.29 is 4.79 Å². The molecule has 0 fully saturated rings. The van der Waals surface area contributed by atoms with E-state index in [-0.39, 0.29) is 5.91 Å². The molecule has 0 saturated heterocycles. The number of amides is 1. The molecule has 0 spiro atoms. The Kier molecular flexibility index (Phi) is 5.76. The third kappa shape index (κ3) is 4.77. The monoisotopic (exact) mass is 408 g/mol. The maximum absolute atomic E-state index is 12.2. The van der Waals surface area contributed by atoms with Gasteiger partial charge in [-0.3, -0.25) is 9.89 Å². The number of carbonyl (C=O) groups is 1. The molecule has 0 radical (unpaired) electrons. The minimum absolute atomic E-state index is 0.343. The van der Waals surface area contributed by atoms with Crippen LogP contribution in [0.1, 0.15) is 23.0 Å². The van der Waals surface area contributed by atoms with Crippen LogP contribution in [-0.2, 0) is 0 Å². The van der Waals surface area contributed by atoms with E-state index in [2.05, 4.69) is 36.7 Å². The zero-order valence-electron chi connectivity index (χ0n) is 14.1. The van der Waals surface area contributed by atoms with Gasteiger partial charge in [0.2, 0.25) is 0 Å². The lowest BCUT2D eigenvalue weighted by molar-refractivity contribution is 0.0950. The van der Waals surface area contributed by atoms with Gasteiger partial charge in [-0.25, -0.2) is 5.43 Å². The van der Waals surface area contributed by atoms with Gasteiger partial charge in [0.25, 0.3) is 5.91 Å². The Hall–Kier alpha value is -2.99. The Morgan fingerprint density at radius 1 is 1.15 bits per heavy atom. The summed E-state index contributed by atoms with van der Waals surface area (Å²) in [4.78, 5) is 12.2. The number of nitrogens with zero attached hydrogens (tertiary/aromatic N) is 2. The topological polar surface area (TPSA) is 70.1 Å². The molecule has 0 aliphatic heterocycles. The van der Waals surface area contributed by atoms with Crippen molar-refractivity contribution in [2.75, 3.05) is 0 Å². The molecular weight excluding hydrogens is 392 g/mol. The van der Waals surface area contributed by atoms with Crippen LogP contribution in [0.4, 0.5) is 0 Å². The normalized spacial score (nSPS) is 11.7. The van der Waals surface area contributed by atoms with Crippen LogP contribution < -0.4 is 5.43 Å². The molecule has 3 rings (SSSR count). The number of halogens is 1. The van der Waals surface area contributed by atoms with Crippen LogP contribution in [0.25, 0.3) is 17.3 Å². The number of hydrogen-bond donors (Lipinski definition) is 2. The zero-order chi connectivity index (χ0) is 18.4. The SMILES string of the molecule is CC(C=NNC(=O)c1cc(-c2ccc(Br)cc2)n[nH]1)=Cc1ccccc1. The molecule has 1 aromatic heterocycles. The van der Waals surface area contributed by atoms with Gasteiger partial charge >= 0.3 is 0 Å². The number of nitrogens with one attached hydrogen (secondary N) is 2. The molecule has 26 heavy (non-hydrogen) atoms. The second kappa shape index (κ2) is 8.40. The lowest BCUT2D eigenvalue weighted by atomic mass is 10.1. The maximum Gasteiger partial charge on any atom is 0.289 e. The van der Waals surface area contributed by atoms with Gasteiger partial charge in [-0.2, -0.15) is 10.2 Å². The predicted molar refractivity (Wildman–Crippen MR) is 108 cm³/mol. The van der Waals surface area contributed by atoms with Crippen molar-refractivity contribution in [2.45, 2.75) is 6.92 Å². The third-order valence-corrected chi connectivity index (χ3v) is 4.12. The fourth-order valence-electron chi connectivity index (χ4n) is 2.31. The average Bonchev–Trinajstić information content (AvgIpc) is 3.13. The first-order valence-corrected chi connectivity index (χ1v) is 8.79. The quantitative estimate of drug-likeness (QED) is 0.476. The summed E-state index contributed by atoms with van der Waals surface area (Å²) >= 11 is 3.39. The highest BCUT2D eigenvalue weighted by molar-refractivity contribution is 9.10. The van der Waals surface area contributed by atoms with E-state index in [4.69, 9.17) is 0 Å². The number of aromatic nitrogens is 2. The van der Waals surface area contributed by atoms with Gasteiger partial charge in [-0.15, -0.1) is 0 Å². The summed E-state index contributed by atoms with van der Waals surface area (Å²) in [5, 5.41) is 10.9. The molecule has 6 heteroatoms. The molecule has 1 amide bonds. The van der Waals surface area contributed by atoms with E-state index in [1.165, 1.54) is 0 Å². The first-order valence-electron chi connectivity index (χ1n) is 8.00. The number of carbonyl (C=O) groups excluding carboxylic acids is 1. The van der Waals surface area contributed by atoms with Crippen molar-refractivity contribution in [3.05, 3.63) is 82.0 Å². The van der Waals surface area contributed by atoms with Gasteiger partial charge in [0.15, 0.2) is 0 Å². The summed E-state index contributed by atoms with van der Waals surface area (Å²) in [6, 6.07) is 19.3. The summed E-state index contributed by atoms with van der Waals surface area (Å²) < 4.78 is 0.989. The largest absolute Gasteiger partial charge is 0.289 e. The molecule has 0 atom stereocenters. The standard InChI is InChI=1S/C20H17BrN4O/c1-14(11-15-5-3-2-4-6-15)13-22-25-20(26)19-12-18(23-24-19)16-7-9-17(21)10-8-16/h2-13H,1H3,(H,23,24)(H,25,26). The highest BCUT2D eigenvalue weighted by atomic mass is 79.9. The van der Waals surface area contributed by atoms with Gasteiger partial charge in [0, 0.05) is 10.0 Å². The molecule has 2 aromatic carbocycles. The van der Waals surface area contributed by atoms with Crippen LogP contribution >= 0.6 is 15.9 Å². The van der Waals surface area contributed by atoms with Crippen LogP contribution in [0.15, 0.2) is 75.8 Å². The molecule has 2 N–H and O–H groups in total. The molecule has 0 aliphatic carbocycles. The molecule has 0 unspecified atom stereocenters. The lowest BCUT2D eigenvalue weighted by Gasteiger charge is -1.97. The van der Waals surface area contributed by atoms with E-state index >= 15 is 0 Å². The second-order valence-electron chi connectivity index (χ2n) is 5.67. The Balaban J connectivity index is 1.62. The Bertz CT molecular complexity index is 943. The van der Waals surface area contributed by atoms with E-state index in [0.717, 1.165) is 21.2 Å². The van der Waals surface area contributed by atoms with E-state index in [1.54, 1.807) is 12.3 Å². The Morgan fingerprint density at radius 3 is 2.62 bits per heavy atom. The minimum Gasteiger partial charge on any atom is -0.272 e. The molecule has 5 nitrogen and oxygen atoms in total. The number of benzene rings is 2. The van der Waals surface area contributed by atoms with Gasteiger partial charge in [-0.05, 0) is 36.3 Å². The van der Waals surface area contributed by atoms with Crippen LogP contribution in [0.3, 0.4) is 0 Å². The maximum atomic E-state index is 12.2. The highest BCUT2D eigenvalue weighted by Crippen LogP contribution is 2.20. The van der Waals surface area contributed by atoms with Gasteiger partial charge in [-0.1, -0.05) is 64.5 Å². The molecule has 0 bridgehead atoms. The summed E-state index contributed by atoms with van der Waals surface area (Å²) in [6.07, 6.45) is 3.59. The summed E-state index contributed by atoms with van der Waals surface area (Å²) in [6.45, 7) is 1.92. The van der Waals surface area contributed by atoms with Crippen molar-refractivity contribution in [3.63, 3.8) is 0 Å². The molecular formula is C20H17BrN4O. The Labute approximate surface area is 160 Å². The van der Waals surface area contributed by atoms with Crippen molar-refractivity contribution in [3.8, 4) is 11.3 Å². The van der Waals surface area contributed by atoms with Crippen molar-refractivity contribution in [1.82, 2.24) is 15.6 Å². The molecule has 0 saturated carbocycles. The summed E-state index contributed by atoms with van der Waals surface area (Å²) in [5.41, 5.74) is 6.48. The zero-order valence-corrected chi connectivity index (χ0v) is 15.7.